The molecule has 0 atom stereocenters. The lowest BCUT2D eigenvalue weighted by Gasteiger charge is -2.28. The zero-order chi connectivity index (χ0) is 14.6. The summed E-state index contributed by atoms with van der Waals surface area (Å²) in [4.78, 5) is 11.1. The smallest absolute Gasteiger partial charge is 0.279 e. The number of fused-ring (bicyclic) bond motifs is 1. The minimum absolute atomic E-state index is 0.111. The van der Waals surface area contributed by atoms with Crippen molar-refractivity contribution in [2.24, 2.45) is 0 Å². The summed E-state index contributed by atoms with van der Waals surface area (Å²) in [6.07, 6.45) is 0.854. The Morgan fingerprint density at radius 1 is 1.30 bits per heavy atom. The number of carbonyl (C=O) groups is 1. The lowest BCUT2D eigenvalue weighted by Crippen LogP contribution is -2.44. The highest BCUT2D eigenvalue weighted by Gasteiger charge is 2.25. The van der Waals surface area contributed by atoms with Crippen LogP contribution in [0.4, 0.5) is 0 Å². The number of hydrogen-bond acceptors (Lipinski definition) is 3. The molecule has 0 saturated carbocycles. The van der Waals surface area contributed by atoms with Crippen LogP contribution in [0.2, 0.25) is 0 Å². The van der Waals surface area contributed by atoms with E-state index < -0.39 is 10.2 Å². The number of nitrogens with zero attached hydrogens (tertiary/aromatic N) is 1. The number of benzene rings is 1. The van der Waals surface area contributed by atoms with E-state index in [2.05, 4.69) is 10.0 Å². The molecule has 1 aromatic rings. The molecule has 2 rings (SSSR count). The predicted octanol–water partition coefficient (Wildman–Crippen LogP) is 0.0152. The Kier molecular flexibility index (Phi) is 4.74. The highest BCUT2D eigenvalue weighted by atomic mass is 32.2. The van der Waals surface area contributed by atoms with Crippen molar-refractivity contribution in [1.29, 1.82) is 0 Å². The van der Waals surface area contributed by atoms with Crippen molar-refractivity contribution in [3.05, 3.63) is 35.4 Å². The normalized spacial score (nSPS) is 15.7. The molecule has 0 fully saturated rings. The second-order valence-corrected chi connectivity index (χ2v) is 6.43. The van der Waals surface area contributed by atoms with E-state index in [4.69, 9.17) is 0 Å². The van der Waals surface area contributed by atoms with Crippen LogP contribution in [0.3, 0.4) is 0 Å². The second kappa shape index (κ2) is 6.34. The third-order valence-electron chi connectivity index (χ3n) is 3.35. The topological polar surface area (TPSA) is 78.5 Å². The van der Waals surface area contributed by atoms with E-state index in [0.717, 1.165) is 5.56 Å². The minimum Gasteiger partial charge on any atom is -0.359 e. The predicted molar refractivity (Wildman–Crippen MR) is 76.2 cm³/mol. The molecule has 1 aliphatic rings. The van der Waals surface area contributed by atoms with E-state index in [0.29, 0.717) is 19.5 Å². The molecular formula is C13H19N3O3S. The fraction of sp³-hybridized carbons (Fsp3) is 0.462. The van der Waals surface area contributed by atoms with Gasteiger partial charge in [0.05, 0.1) is 0 Å². The van der Waals surface area contributed by atoms with Crippen LogP contribution < -0.4 is 10.0 Å². The van der Waals surface area contributed by atoms with Crippen LogP contribution in [0.15, 0.2) is 24.3 Å². The Balaban J connectivity index is 1.96. The summed E-state index contributed by atoms with van der Waals surface area (Å²) in [6, 6.07) is 7.85. The van der Waals surface area contributed by atoms with Crippen molar-refractivity contribution >= 4 is 16.1 Å². The van der Waals surface area contributed by atoms with Gasteiger partial charge in [-0.15, -0.1) is 0 Å². The average molecular weight is 297 g/mol. The van der Waals surface area contributed by atoms with Crippen LogP contribution in [0.1, 0.15) is 17.5 Å². The van der Waals surface area contributed by atoms with Gasteiger partial charge in [-0.1, -0.05) is 24.3 Å². The molecule has 0 aromatic heterocycles. The van der Waals surface area contributed by atoms with E-state index in [-0.39, 0.29) is 18.9 Å². The van der Waals surface area contributed by atoms with Crippen LogP contribution in [0, 0.1) is 0 Å². The molecule has 0 saturated heterocycles. The van der Waals surface area contributed by atoms with Gasteiger partial charge >= 0.3 is 0 Å². The van der Waals surface area contributed by atoms with Crippen molar-refractivity contribution in [2.45, 2.75) is 19.4 Å². The summed E-state index contributed by atoms with van der Waals surface area (Å²) in [5, 5.41) is 2.46. The van der Waals surface area contributed by atoms with E-state index in [9.17, 15) is 13.2 Å². The van der Waals surface area contributed by atoms with Gasteiger partial charge in [0.25, 0.3) is 10.2 Å². The van der Waals surface area contributed by atoms with Crippen LogP contribution in [-0.4, -0.2) is 38.8 Å². The molecule has 1 aliphatic heterocycles. The summed E-state index contributed by atoms with van der Waals surface area (Å²) >= 11 is 0. The molecule has 6 nitrogen and oxygen atoms in total. The summed E-state index contributed by atoms with van der Waals surface area (Å²) in [5.41, 5.74) is 2.24. The first kappa shape index (κ1) is 15.0. The highest BCUT2D eigenvalue weighted by molar-refractivity contribution is 7.87. The van der Waals surface area contributed by atoms with Crippen molar-refractivity contribution in [3.8, 4) is 0 Å². The molecular weight excluding hydrogens is 278 g/mol. The van der Waals surface area contributed by atoms with E-state index >= 15 is 0 Å². The first-order valence-electron chi connectivity index (χ1n) is 6.55. The van der Waals surface area contributed by atoms with Crippen LogP contribution in [0.5, 0.6) is 0 Å². The summed E-state index contributed by atoms with van der Waals surface area (Å²) < 4.78 is 28.2. The van der Waals surface area contributed by atoms with Gasteiger partial charge in [-0.2, -0.15) is 12.7 Å². The number of carbonyl (C=O) groups excluding carboxylic acids is 1. The Labute approximate surface area is 119 Å². The fourth-order valence-corrected chi connectivity index (χ4v) is 3.37. The Morgan fingerprint density at radius 2 is 2.00 bits per heavy atom. The maximum atomic E-state index is 12.1. The van der Waals surface area contributed by atoms with Gasteiger partial charge in [-0.05, 0) is 17.5 Å². The van der Waals surface area contributed by atoms with Gasteiger partial charge in [-0.25, -0.2) is 4.72 Å². The number of hydrogen-bond donors (Lipinski definition) is 2. The zero-order valence-electron chi connectivity index (χ0n) is 11.4. The molecule has 1 amide bonds. The molecule has 0 aliphatic carbocycles. The Bertz CT molecular complexity index is 586. The summed E-state index contributed by atoms with van der Waals surface area (Å²) in [5.74, 6) is -0.184. The molecule has 0 bridgehead atoms. The van der Waals surface area contributed by atoms with E-state index in [1.165, 1.54) is 16.9 Å². The third-order valence-corrected chi connectivity index (χ3v) is 4.91. The van der Waals surface area contributed by atoms with Crippen LogP contribution in [0.25, 0.3) is 0 Å². The van der Waals surface area contributed by atoms with Gasteiger partial charge in [0.1, 0.15) is 0 Å². The number of rotatable bonds is 5. The van der Waals surface area contributed by atoms with E-state index in [1.54, 1.807) is 0 Å². The molecule has 1 aromatic carbocycles. The van der Waals surface area contributed by atoms with Crippen molar-refractivity contribution in [3.63, 3.8) is 0 Å². The van der Waals surface area contributed by atoms with Crippen LogP contribution in [-0.2, 0) is 28.0 Å². The average Bonchev–Trinajstić information content (AvgIpc) is 2.46. The Hall–Kier alpha value is -1.44. The second-order valence-electron chi connectivity index (χ2n) is 4.67. The quantitative estimate of drug-likeness (QED) is 0.804. The maximum absolute atomic E-state index is 12.1. The fourth-order valence-electron chi connectivity index (χ4n) is 2.18. The first-order chi connectivity index (χ1) is 9.53. The molecule has 0 spiro atoms. The van der Waals surface area contributed by atoms with Gasteiger partial charge in [-0.3, -0.25) is 4.79 Å². The lowest BCUT2D eigenvalue weighted by atomic mass is 10.0. The number of amides is 1. The molecule has 0 unspecified atom stereocenters. The van der Waals surface area contributed by atoms with Crippen LogP contribution >= 0.6 is 0 Å². The Morgan fingerprint density at radius 3 is 2.70 bits per heavy atom. The standard InChI is InChI=1S/C13H19N3O3S/c1-14-13(17)6-8-15-20(18,19)16-9-7-11-4-2-3-5-12(11)10-16/h2-5,15H,6-10H2,1H3,(H,14,17). The monoisotopic (exact) mass is 297 g/mol. The van der Waals surface area contributed by atoms with Crippen molar-refractivity contribution in [1.82, 2.24) is 14.3 Å². The zero-order valence-corrected chi connectivity index (χ0v) is 12.2. The number of nitrogens with one attached hydrogen (secondary N) is 2. The SMILES string of the molecule is CNC(=O)CCNS(=O)(=O)N1CCc2ccccc2C1. The van der Waals surface area contributed by atoms with Gasteiger partial charge < -0.3 is 5.32 Å². The van der Waals surface area contributed by atoms with Crippen molar-refractivity contribution < 1.29 is 13.2 Å². The molecule has 2 N–H and O–H groups in total. The third kappa shape index (κ3) is 3.56. The lowest BCUT2D eigenvalue weighted by molar-refractivity contribution is -0.120. The molecule has 20 heavy (non-hydrogen) atoms. The molecule has 7 heteroatoms. The molecule has 110 valence electrons. The minimum atomic E-state index is -3.53. The molecule has 1 heterocycles. The van der Waals surface area contributed by atoms with Gasteiger partial charge in [0.2, 0.25) is 5.91 Å². The maximum Gasteiger partial charge on any atom is 0.279 e. The summed E-state index contributed by atoms with van der Waals surface area (Å²) in [7, 11) is -2.00. The van der Waals surface area contributed by atoms with Gasteiger partial charge in [0, 0.05) is 33.1 Å². The van der Waals surface area contributed by atoms with Gasteiger partial charge in [0.15, 0.2) is 0 Å². The van der Waals surface area contributed by atoms with Crippen molar-refractivity contribution in [2.75, 3.05) is 20.1 Å². The largest absolute Gasteiger partial charge is 0.359 e. The first-order valence-corrected chi connectivity index (χ1v) is 7.99. The summed E-state index contributed by atoms with van der Waals surface area (Å²) in [6.45, 7) is 0.956. The highest BCUT2D eigenvalue weighted by Crippen LogP contribution is 2.20. The molecule has 0 radical (unpaired) electrons. The van der Waals surface area contributed by atoms with E-state index in [1.807, 2.05) is 24.3 Å².